The van der Waals surface area contributed by atoms with Gasteiger partial charge >= 0.3 is 0 Å². The summed E-state index contributed by atoms with van der Waals surface area (Å²) < 4.78 is 5.82. The minimum atomic E-state index is -0.225. The van der Waals surface area contributed by atoms with Gasteiger partial charge in [0, 0.05) is 19.6 Å². The van der Waals surface area contributed by atoms with Crippen molar-refractivity contribution in [3.8, 4) is 0 Å². The van der Waals surface area contributed by atoms with Crippen LogP contribution in [0.1, 0.15) is 12.5 Å². The lowest BCUT2D eigenvalue weighted by Crippen LogP contribution is -2.48. The van der Waals surface area contributed by atoms with Gasteiger partial charge in [-0.3, -0.25) is 14.6 Å². The second kappa shape index (κ2) is 6.73. The number of thiocarbonyl (C=S) groups is 1. The van der Waals surface area contributed by atoms with Gasteiger partial charge in [0.15, 0.2) is 5.11 Å². The van der Waals surface area contributed by atoms with E-state index < -0.39 is 0 Å². The number of amides is 1. The van der Waals surface area contributed by atoms with Crippen molar-refractivity contribution >= 4 is 23.2 Å². The van der Waals surface area contributed by atoms with E-state index in [4.69, 9.17) is 17.0 Å². The van der Waals surface area contributed by atoms with Gasteiger partial charge in [-0.1, -0.05) is 30.3 Å². The summed E-state index contributed by atoms with van der Waals surface area (Å²) in [6.07, 6.45) is 0.00598. The largest absolute Gasteiger partial charge is 0.374 e. The Balaban J connectivity index is 1.57. The highest BCUT2D eigenvalue weighted by Gasteiger charge is 2.34. The molecule has 1 N–H and O–H groups in total. The number of ether oxygens (including phenoxy) is 1. The third-order valence-corrected chi connectivity index (χ3v) is 4.42. The highest BCUT2D eigenvalue weighted by atomic mass is 32.1. The number of carbonyl (C=O) groups is 1. The minimum absolute atomic E-state index is 0.00598. The van der Waals surface area contributed by atoms with E-state index >= 15 is 0 Å². The summed E-state index contributed by atoms with van der Waals surface area (Å²) in [6.45, 7) is 5.69. The highest BCUT2D eigenvalue weighted by Crippen LogP contribution is 2.14. The van der Waals surface area contributed by atoms with Crippen molar-refractivity contribution in [2.24, 2.45) is 0 Å². The molecule has 2 heterocycles. The van der Waals surface area contributed by atoms with Crippen molar-refractivity contribution in [3.05, 3.63) is 35.9 Å². The van der Waals surface area contributed by atoms with Gasteiger partial charge in [-0.25, -0.2) is 0 Å². The van der Waals surface area contributed by atoms with E-state index in [-0.39, 0.29) is 18.1 Å². The fraction of sp³-hybridized carbons (Fsp3) is 0.500. The molecule has 6 heteroatoms. The minimum Gasteiger partial charge on any atom is -0.374 e. The summed E-state index contributed by atoms with van der Waals surface area (Å²) in [5.74, 6) is 0.0359. The van der Waals surface area contributed by atoms with Gasteiger partial charge in [0.25, 0.3) is 5.91 Å². The number of nitrogens with one attached hydrogen (secondary N) is 1. The lowest BCUT2D eigenvalue weighted by molar-refractivity contribution is -0.129. The maximum absolute atomic E-state index is 12.1. The summed E-state index contributed by atoms with van der Waals surface area (Å²) in [7, 11) is 0. The zero-order valence-corrected chi connectivity index (χ0v) is 13.5. The van der Waals surface area contributed by atoms with Crippen LogP contribution >= 0.6 is 12.2 Å². The van der Waals surface area contributed by atoms with E-state index in [0.717, 1.165) is 19.6 Å². The van der Waals surface area contributed by atoms with Crippen LogP contribution in [0.3, 0.4) is 0 Å². The maximum atomic E-state index is 12.1. The second-order valence-corrected chi connectivity index (χ2v) is 6.22. The van der Waals surface area contributed by atoms with Crippen LogP contribution in [0.5, 0.6) is 0 Å². The SMILES string of the molecule is C[C@H]1NC(=S)N(C[C@@H]2CN(Cc3ccccc3)CCO2)C1=O. The van der Waals surface area contributed by atoms with Gasteiger partial charge in [-0.15, -0.1) is 0 Å². The average molecular weight is 319 g/mol. The molecule has 3 rings (SSSR count). The second-order valence-electron chi connectivity index (χ2n) is 5.83. The molecule has 2 fully saturated rings. The van der Waals surface area contributed by atoms with Crippen molar-refractivity contribution in [2.75, 3.05) is 26.2 Å². The molecule has 2 atom stereocenters. The van der Waals surface area contributed by atoms with Crippen molar-refractivity contribution in [1.82, 2.24) is 15.1 Å². The topological polar surface area (TPSA) is 44.8 Å². The van der Waals surface area contributed by atoms with Gasteiger partial charge < -0.3 is 10.1 Å². The molecule has 0 spiro atoms. The quantitative estimate of drug-likeness (QED) is 0.839. The molecule has 1 aromatic rings. The van der Waals surface area contributed by atoms with Crippen LogP contribution in [0.2, 0.25) is 0 Å². The van der Waals surface area contributed by atoms with E-state index in [1.165, 1.54) is 5.56 Å². The molecule has 22 heavy (non-hydrogen) atoms. The summed E-state index contributed by atoms with van der Waals surface area (Å²) in [5.41, 5.74) is 1.30. The zero-order valence-electron chi connectivity index (χ0n) is 12.7. The normalized spacial score (nSPS) is 26.3. The number of hydrogen-bond acceptors (Lipinski definition) is 4. The molecule has 5 nitrogen and oxygen atoms in total. The van der Waals surface area contributed by atoms with Crippen molar-refractivity contribution in [3.63, 3.8) is 0 Å². The molecule has 0 radical (unpaired) electrons. The van der Waals surface area contributed by atoms with Crippen LogP contribution in [-0.2, 0) is 16.1 Å². The number of morpholine rings is 1. The van der Waals surface area contributed by atoms with Crippen molar-refractivity contribution in [1.29, 1.82) is 0 Å². The summed E-state index contributed by atoms with van der Waals surface area (Å²) >= 11 is 5.22. The Kier molecular flexibility index (Phi) is 4.71. The average Bonchev–Trinajstić information content (AvgIpc) is 2.75. The van der Waals surface area contributed by atoms with Crippen LogP contribution in [0, 0.1) is 0 Å². The van der Waals surface area contributed by atoms with Gasteiger partial charge in [0.2, 0.25) is 0 Å². The Morgan fingerprint density at radius 3 is 2.82 bits per heavy atom. The molecule has 2 aliphatic rings. The number of nitrogens with zero attached hydrogens (tertiary/aromatic N) is 2. The van der Waals surface area contributed by atoms with Crippen LogP contribution in [0.4, 0.5) is 0 Å². The molecule has 1 aromatic carbocycles. The van der Waals surface area contributed by atoms with Crippen LogP contribution in [-0.4, -0.2) is 59.2 Å². The molecular weight excluding hydrogens is 298 g/mol. The van der Waals surface area contributed by atoms with Crippen molar-refractivity contribution in [2.45, 2.75) is 25.6 Å². The lowest BCUT2D eigenvalue weighted by atomic mass is 10.2. The number of benzene rings is 1. The highest BCUT2D eigenvalue weighted by molar-refractivity contribution is 7.80. The molecular formula is C16H21N3O2S. The fourth-order valence-electron chi connectivity index (χ4n) is 2.91. The van der Waals surface area contributed by atoms with Crippen LogP contribution < -0.4 is 5.32 Å². The first-order chi connectivity index (χ1) is 10.6. The Labute approximate surface area is 136 Å². The van der Waals surface area contributed by atoms with Crippen LogP contribution in [0.25, 0.3) is 0 Å². The van der Waals surface area contributed by atoms with E-state index in [9.17, 15) is 4.79 Å². The van der Waals surface area contributed by atoms with Gasteiger partial charge in [-0.05, 0) is 24.7 Å². The first-order valence-corrected chi connectivity index (χ1v) is 8.04. The third kappa shape index (κ3) is 3.45. The van der Waals surface area contributed by atoms with E-state index in [1.807, 2.05) is 13.0 Å². The first kappa shape index (κ1) is 15.4. The molecule has 118 valence electrons. The van der Waals surface area contributed by atoms with Gasteiger partial charge in [-0.2, -0.15) is 0 Å². The third-order valence-electron chi connectivity index (χ3n) is 4.08. The van der Waals surface area contributed by atoms with E-state index in [2.05, 4.69) is 34.5 Å². The predicted molar refractivity (Wildman–Crippen MR) is 88.4 cm³/mol. The fourth-order valence-corrected chi connectivity index (χ4v) is 3.25. The van der Waals surface area contributed by atoms with Crippen molar-refractivity contribution < 1.29 is 9.53 Å². The first-order valence-electron chi connectivity index (χ1n) is 7.63. The van der Waals surface area contributed by atoms with E-state index in [1.54, 1.807) is 4.90 Å². The lowest BCUT2D eigenvalue weighted by Gasteiger charge is -2.34. The summed E-state index contributed by atoms with van der Waals surface area (Å²) in [6, 6.07) is 10.2. The molecule has 0 saturated carbocycles. The zero-order chi connectivity index (χ0) is 15.5. The Morgan fingerprint density at radius 2 is 2.14 bits per heavy atom. The standard InChI is InChI=1S/C16H21N3O2S/c1-12-15(20)19(16(22)17-12)11-14-10-18(7-8-21-14)9-13-5-3-2-4-6-13/h2-6,12,14H,7-11H2,1H3,(H,17,22)/t12-,14+/m1/s1. The molecule has 2 aliphatic heterocycles. The van der Waals surface area contributed by atoms with E-state index in [0.29, 0.717) is 18.3 Å². The Hall–Kier alpha value is -1.50. The van der Waals surface area contributed by atoms with Gasteiger partial charge in [0.05, 0.1) is 19.3 Å². The molecule has 0 aromatic heterocycles. The molecule has 2 saturated heterocycles. The smallest absolute Gasteiger partial charge is 0.251 e. The Morgan fingerprint density at radius 1 is 1.36 bits per heavy atom. The maximum Gasteiger partial charge on any atom is 0.251 e. The predicted octanol–water partition coefficient (Wildman–Crippen LogP) is 0.993. The molecule has 0 unspecified atom stereocenters. The molecule has 0 bridgehead atoms. The van der Waals surface area contributed by atoms with Gasteiger partial charge in [0.1, 0.15) is 6.04 Å². The molecule has 0 aliphatic carbocycles. The number of hydrogen-bond donors (Lipinski definition) is 1. The number of rotatable bonds is 4. The monoisotopic (exact) mass is 319 g/mol. The number of carbonyl (C=O) groups excluding carboxylic acids is 1. The summed E-state index contributed by atoms with van der Waals surface area (Å²) in [4.78, 5) is 16.1. The van der Waals surface area contributed by atoms with Crippen LogP contribution in [0.15, 0.2) is 30.3 Å². The Bertz CT molecular complexity index is 552. The summed E-state index contributed by atoms with van der Waals surface area (Å²) in [5, 5.41) is 3.51. The molecule has 1 amide bonds.